The number of nitrogens with zero attached hydrogens (tertiary/aromatic N) is 2. The summed E-state index contributed by atoms with van der Waals surface area (Å²) >= 11 is 0. The highest BCUT2D eigenvalue weighted by Gasteiger charge is 2.21. The average molecular weight is 272 g/mol. The van der Waals surface area contributed by atoms with Crippen LogP contribution in [0.2, 0.25) is 0 Å². The summed E-state index contributed by atoms with van der Waals surface area (Å²) in [6, 6.07) is 8.12. The Bertz CT molecular complexity index is 482. The van der Waals surface area contributed by atoms with Crippen LogP contribution in [0.15, 0.2) is 18.2 Å². The standard InChI is InChI=1S/C17H24N2O/c1-13(2)15-6-8-19(9-7-15)12-14-4-5-17(20-3)16(10-14)11-18/h4-5,10,13,15H,6-9,12H2,1-3H3. The molecule has 1 heterocycles. The van der Waals surface area contributed by atoms with E-state index in [9.17, 15) is 0 Å². The van der Waals surface area contributed by atoms with Crippen LogP contribution in [0.25, 0.3) is 0 Å². The van der Waals surface area contributed by atoms with Crippen molar-refractivity contribution in [3.8, 4) is 11.8 Å². The van der Waals surface area contributed by atoms with Crippen LogP contribution in [0.1, 0.15) is 37.8 Å². The second-order valence-electron chi connectivity index (χ2n) is 6.00. The van der Waals surface area contributed by atoms with Gasteiger partial charge in [0.15, 0.2) is 0 Å². The molecular weight excluding hydrogens is 248 g/mol. The fourth-order valence-corrected chi connectivity index (χ4v) is 2.98. The number of rotatable bonds is 4. The van der Waals surface area contributed by atoms with Crippen LogP contribution in [0.4, 0.5) is 0 Å². The topological polar surface area (TPSA) is 36.3 Å². The van der Waals surface area contributed by atoms with Crippen molar-refractivity contribution in [1.82, 2.24) is 4.90 Å². The third-order valence-electron chi connectivity index (χ3n) is 4.37. The van der Waals surface area contributed by atoms with Crippen LogP contribution in [0, 0.1) is 23.2 Å². The lowest BCUT2D eigenvalue weighted by Crippen LogP contribution is -2.34. The van der Waals surface area contributed by atoms with Gasteiger partial charge in [-0.05, 0) is 55.5 Å². The fraction of sp³-hybridized carbons (Fsp3) is 0.588. The Labute approximate surface area is 122 Å². The van der Waals surface area contributed by atoms with Gasteiger partial charge in [0, 0.05) is 6.54 Å². The van der Waals surface area contributed by atoms with Crippen molar-refractivity contribution < 1.29 is 4.74 Å². The second-order valence-corrected chi connectivity index (χ2v) is 6.00. The molecular formula is C17H24N2O. The smallest absolute Gasteiger partial charge is 0.136 e. The first-order valence-electron chi connectivity index (χ1n) is 7.43. The van der Waals surface area contributed by atoms with E-state index in [-0.39, 0.29) is 0 Å². The number of piperidine rings is 1. The van der Waals surface area contributed by atoms with E-state index in [1.54, 1.807) is 7.11 Å². The van der Waals surface area contributed by atoms with Crippen molar-refractivity contribution in [2.75, 3.05) is 20.2 Å². The highest BCUT2D eigenvalue weighted by Crippen LogP contribution is 2.26. The zero-order chi connectivity index (χ0) is 14.5. The molecule has 2 rings (SSSR count). The van der Waals surface area contributed by atoms with E-state index in [1.165, 1.54) is 18.4 Å². The van der Waals surface area contributed by atoms with E-state index < -0.39 is 0 Å². The summed E-state index contributed by atoms with van der Waals surface area (Å²) in [6.07, 6.45) is 2.58. The van der Waals surface area contributed by atoms with Gasteiger partial charge in [0.25, 0.3) is 0 Å². The molecule has 3 heteroatoms. The van der Waals surface area contributed by atoms with Gasteiger partial charge in [0.1, 0.15) is 11.8 Å². The Kier molecular flexibility index (Phi) is 5.03. The van der Waals surface area contributed by atoms with E-state index in [1.807, 2.05) is 12.1 Å². The van der Waals surface area contributed by atoms with Crippen molar-refractivity contribution in [2.24, 2.45) is 11.8 Å². The Morgan fingerprint density at radius 3 is 2.60 bits per heavy atom. The molecule has 0 radical (unpaired) electrons. The molecule has 20 heavy (non-hydrogen) atoms. The van der Waals surface area contributed by atoms with E-state index in [0.29, 0.717) is 11.3 Å². The van der Waals surface area contributed by atoms with Crippen LogP contribution in [0.3, 0.4) is 0 Å². The molecule has 0 spiro atoms. The number of hydrogen-bond acceptors (Lipinski definition) is 3. The quantitative estimate of drug-likeness (QED) is 0.842. The summed E-state index contributed by atoms with van der Waals surface area (Å²) in [7, 11) is 1.60. The van der Waals surface area contributed by atoms with Crippen LogP contribution >= 0.6 is 0 Å². The van der Waals surface area contributed by atoms with Gasteiger partial charge >= 0.3 is 0 Å². The van der Waals surface area contributed by atoms with Crippen molar-refractivity contribution in [2.45, 2.75) is 33.2 Å². The van der Waals surface area contributed by atoms with Crippen molar-refractivity contribution >= 4 is 0 Å². The van der Waals surface area contributed by atoms with Crippen LogP contribution < -0.4 is 4.74 Å². The van der Waals surface area contributed by atoms with E-state index in [4.69, 9.17) is 10.00 Å². The van der Waals surface area contributed by atoms with Crippen molar-refractivity contribution in [3.05, 3.63) is 29.3 Å². The molecule has 108 valence electrons. The van der Waals surface area contributed by atoms with Crippen LogP contribution in [0.5, 0.6) is 5.75 Å². The maximum absolute atomic E-state index is 9.13. The van der Waals surface area contributed by atoms with Gasteiger partial charge in [-0.1, -0.05) is 19.9 Å². The lowest BCUT2D eigenvalue weighted by Gasteiger charge is -2.33. The fourth-order valence-electron chi connectivity index (χ4n) is 2.98. The van der Waals surface area contributed by atoms with Crippen molar-refractivity contribution in [1.29, 1.82) is 5.26 Å². The number of methoxy groups -OCH3 is 1. The molecule has 0 bridgehead atoms. The SMILES string of the molecule is COc1ccc(CN2CCC(C(C)C)CC2)cc1C#N. The molecule has 0 atom stereocenters. The van der Waals surface area contributed by atoms with Gasteiger partial charge in [-0.25, -0.2) is 0 Å². The van der Waals surface area contributed by atoms with Gasteiger partial charge < -0.3 is 4.74 Å². The number of benzene rings is 1. The predicted octanol–water partition coefficient (Wildman–Crippen LogP) is 3.43. The molecule has 0 saturated carbocycles. The summed E-state index contributed by atoms with van der Waals surface area (Å²) < 4.78 is 5.19. The Balaban J connectivity index is 1.96. The van der Waals surface area contributed by atoms with Gasteiger partial charge in [-0.2, -0.15) is 5.26 Å². The molecule has 1 aromatic rings. The Morgan fingerprint density at radius 2 is 2.05 bits per heavy atom. The summed E-state index contributed by atoms with van der Waals surface area (Å²) in [6.45, 7) is 7.91. The second kappa shape index (κ2) is 6.76. The number of nitriles is 1. The maximum Gasteiger partial charge on any atom is 0.136 e. The minimum atomic E-state index is 0.627. The van der Waals surface area contributed by atoms with Crippen LogP contribution in [-0.4, -0.2) is 25.1 Å². The minimum Gasteiger partial charge on any atom is -0.495 e. The van der Waals surface area contributed by atoms with Gasteiger partial charge in [-0.15, -0.1) is 0 Å². The average Bonchev–Trinajstić information content (AvgIpc) is 2.47. The zero-order valence-electron chi connectivity index (χ0n) is 12.7. The molecule has 1 saturated heterocycles. The number of hydrogen-bond donors (Lipinski definition) is 0. The van der Waals surface area contributed by atoms with Gasteiger partial charge in [0.2, 0.25) is 0 Å². The van der Waals surface area contributed by atoms with Crippen LogP contribution in [-0.2, 0) is 6.54 Å². The Morgan fingerprint density at radius 1 is 1.35 bits per heavy atom. The Hall–Kier alpha value is -1.53. The molecule has 1 aromatic carbocycles. The molecule has 0 N–H and O–H groups in total. The third-order valence-corrected chi connectivity index (χ3v) is 4.37. The maximum atomic E-state index is 9.13. The number of likely N-dealkylation sites (tertiary alicyclic amines) is 1. The molecule has 0 aromatic heterocycles. The highest BCUT2D eigenvalue weighted by molar-refractivity contribution is 5.45. The summed E-state index contributed by atoms with van der Waals surface area (Å²) in [5.74, 6) is 2.33. The minimum absolute atomic E-state index is 0.627. The van der Waals surface area contributed by atoms with Gasteiger partial charge in [0.05, 0.1) is 12.7 Å². The lowest BCUT2D eigenvalue weighted by atomic mass is 9.86. The predicted molar refractivity (Wildman–Crippen MR) is 80.5 cm³/mol. The lowest BCUT2D eigenvalue weighted by molar-refractivity contribution is 0.152. The highest BCUT2D eigenvalue weighted by atomic mass is 16.5. The summed E-state index contributed by atoms with van der Waals surface area (Å²) in [5.41, 5.74) is 1.83. The summed E-state index contributed by atoms with van der Waals surface area (Å²) in [5, 5.41) is 9.13. The first-order valence-corrected chi connectivity index (χ1v) is 7.43. The third kappa shape index (κ3) is 3.52. The monoisotopic (exact) mass is 272 g/mol. The van der Waals surface area contributed by atoms with Crippen molar-refractivity contribution in [3.63, 3.8) is 0 Å². The van der Waals surface area contributed by atoms with E-state index >= 15 is 0 Å². The molecule has 3 nitrogen and oxygen atoms in total. The van der Waals surface area contributed by atoms with E-state index in [2.05, 4.69) is 30.9 Å². The van der Waals surface area contributed by atoms with E-state index in [0.717, 1.165) is 31.5 Å². The molecule has 0 aliphatic carbocycles. The summed E-state index contributed by atoms with van der Waals surface area (Å²) in [4.78, 5) is 2.49. The largest absolute Gasteiger partial charge is 0.495 e. The number of ether oxygens (including phenoxy) is 1. The molecule has 1 aliphatic rings. The molecule has 1 aliphatic heterocycles. The van der Waals surface area contributed by atoms with Gasteiger partial charge in [-0.3, -0.25) is 4.90 Å². The zero-order valence-corrected chi connectivity index (χ0v) is 12.7. The first-order chi connectivity index (χ1) is 9.63. The molecule has 0 unspecified atom stereocenters. The molecule has 1 fully saturated rings. The first kappa shape index (κ1) is 14.9. The molecule has 0 amide bonds. The normalized spacial score (nSPS) is 17.1.